The van der Waals surface area contributed by atoms with Crippen molar-refractivity contribution in [2.45, 2.75) is 20.8 Å². The smallest absolute Gasteiger partial charge is 0.336 e. The van der Waals surface area contributed by atoms with Gasteiger partial charge in [-0.2, -0.15) is 0 Å². The van der Waals surface area contributed by atoms with Gasteiger partial charge in [-0.3, -0.25) is 10.1 Å². The minimum atomic E-state index is -1.30. The number of nitrogens with zero attached hydrogens (tertiary/aromatic N) is 1. The lowest BCUT2D eigenvalue weighted by Crippen LogP contribution is -2.06. The Morgan fingerprint density at radius 2 is 2.00 bits per heavy atom. The molecule has 18 heavy (non-hydrogen) atoms. The monoisotopic (exact) mass is 258 g/mol. The van der Waals surface area contributed by atoms with Gasteiger partial charge in [0.1, 0.15) is 0 Å². The second-order valence-electron chi connectivity index (χ2n) is 2.92. The molecule has 8 nitrogen and oxygen atoms in total. The van der Waals surface area contributed by atoms with Crippen LogP contribution in [0.1, 0.15) is 29.8 Å². The van der Waals surface area contributed by atoms with E-state index in [9.17, 15) is 14.9 Å². The van der Waals surface area contributed by atoms with Gasteiger partial charge in [-0.1, -0.05) is 13.8 Å². The molecule has 1 aromatic carbocycles. The zero-order chi connectivity index (χ0) is 14.3. The maximum atomic E-state index is 10.8. The Labute approximate surface area is 103 Å². The van der Waals surface area contributed by atoms with E-state index in [0.29, 0.717) is 0 Å². The van der Waals surface area contributed by atoms with Crippen molar-refractivity contribution >= 4 is 17.3 Å². The highest BCUT2D eigenvalue weighted by Gasteiger charge is 2.20. The molecular formula is C10H14N2O6. The maximum absolute atomic E-state index is 10.8. The van der Waals surface area contributed by atoms with E-state index in [1.165, 1.54) is 6.92 Å². The summed E-state index contributed by atoms with van der Waals surface area (Å²) in [6.45, 7) is 5.32. The molecule has 0 amide bonds. The van der Waals surface area contributed by atoms with Crippen molar-refractivity contribution in [2.24, 2.45) is 0 Å². The first-order valence-electron chi connectivity index (χ1n) is 5.06. The number of carboxylic acid groups (broad SMARTS) is 1. The largest absolute Gasteiger partial charge is 0.478 e. The summed E-state index contributed by atoms with van der Waals surface area (Å²) in [7, 11) is 0. The van der Waals surface area contributed by atoms with Crippen molar-refractivity contribution < 1.29 is 25.1 Å². The number of nitro groups is 1. The summed E-state index contributed by atoms with van der Waals surface area (Å²) in [5.74, 6) is -1.30. The summed E-state index contributed by atoms with van der Waals surface area (Å²) in [6, 6.07) is 2.17. The van der Waals surface area contributed by atoms with Crippen LogP contribution in [0.15, 0.2) is 12.1 Å². The summed E-state index contributed by atoms with van der Waals surface area (Å²) >= 11 is 0. The van der Waals surface area contributed by atoms with Crippen LogP contribution in [0.4, 0.5) is 11.4 Å². The van der Waals surface area contributed by atoms with Crippen LogP contribution in [0.3, 0.4) is 0 Å². The van der Waals surface area contributed by atoms with Gasteiger partial charge < -0.3 is 5.11 Å². The van der Waals surface area contributed by atoms with Gasteiger partial charge in [0, 0.05) is 11.6 Å². The number of hydrogen-bond acceptors (Lipinski definition) is 6. The predicted molar refractivity (Wildman–Crippen MR) is 63.5 cm³/mol. The fraction of sp³-hybridized carbons (Fsp3) is 0.300. The molecule has 0 atom stereocenters. The number of carboxylic acids is 1. The molecule has 0 aliphatic carbocycles. The number of anilines is 1. The minimum Gasteiger partial charge on any atom is -0.478 e. The molecule has 1 aromatic rings. The zero-order valence-electron chi connectivity index (χ0n) is 10.1. The number of rotatable bonds is 4. The molecule has 0 spiro atoms. The Bertz CT molecular complexity index is 411. The third kappa shape index (κ3) is 3.68. The first-order valence-corrected chi connectivity index (χ1v) is 5.06. The van der Waals surface area contributed by atoms with E-state index in [1.54, 1.807) is 0 Å². The zero-order valence-corrected chi connectivity index (χ0v) is 10.1. The lowest BCUT2D eigenvalue weighted by atomic mass is 10.1. The Kier molecular flexibility index (Phi) is 6.32. The van der Waals surface area contributed by atoms with Gasteiger partial charge in [-0.25, -0.2) is 15.5 Å². The molecule has 0 saturated heterocycles. The minimum absolute atomic E-state index is 0.0287. The third-order valence-corrected chi connectivity index (χ3v) is 1.97. The fourth-order valence-electron chi connectivity index (χ4n) is 1.22. The van der Waals surface area contributed by atoms with Gasteiger partial charge in [0.25, 0.3) is 5.69 Å². The molecule has 100 valence electrons. The Balaban J connectivity index is 0.00000137. The molecule has 0 aromatic heterocycles. The SMILES string of the molecule is CC.Cc1c(C(=O)O)cc(NOO)cc1[N+](=O)[O-]. The predicted octanol–water partition coefficient (Wildman–Crippen LogP) is 2.44. The highest BCUT2D eigenvalue weighted by atomic mass is 17.2. The first-order chi connectivity index (χ1) is 8.47. The molecule has 1 rings (SSSR count). The molecular weight excluding hydrogens is 244 g/mol. The van der Waals surface area contributed by atoms with Gasteiger partial charge >= 0.3 is 5.97 Å². The molecule has 0 heterocycles. The number of benzene rings is 1. The second kappa shape index (κ2) is 7.20. The molecule has 0 bridgehead atoms. The number of nitro benzene ring substituents is 1. The van der Waals surface area contributed by atoms with Crippen molar-refractivity contribution in [1.82, 2.24) is 0 Å². The van der Waals surface area contributed by atoms with E-state index in [2.05, 4.69) is 4.99 Å². The molecule has 0 saturated carbocycles. The van der Waals surface area contributed by atoms with Crippen molar-refractivity contribution in [2.75, 3.05) is 5.48 Å². The van der Waals surface area contributed by atoms with E-state index >= 15 is 0 Å². The van der Waals surface area contributed by atoms with Crippen molar-refractivity contribution in [1.29, 1.82) is 0 Å². The van der Waals surface area contributed by atoms with Crippen molar-refractivity contribution in [3.05, 3.63) is 33.4 Å². The van der Waals surface area contributed by atoms with Crippen LogP contribution in [-0.4, -0.2) is 21.3 Å². The van der Waals surface area contributed by atoms with E-state index in [0.717, 1.165) is 12.1 Å². The lowest BCUT2D eigenvalue weighted by Gasteiger charge is -2.06. The van der Waals surface area contributed by atoms with Crippen LogP contribution < -0.4 is 5.48 Å². The van der Waals surface area contributed by atoms with Crippen LogP contribution in [0.2, 0.25) is 0 Å². The van der Waals surface area contributed by atoms with E-state index in [1.807, 2.05) is 19.3 Å². The molecule has 0 aliphatic heterocycles. The first kappa shape index (κ1) is 15.8. The van der Waals surface area contributed by atoms with E-state index in [-0.39, 0.29) is 22.5 Å². The lowest BCUT2D eigenvalue weighted by molar-refractivity contribution is -0.385. The van der Waals surface area contributed by atoms with Crippen LogP contribution >= 0.6 is 0 Å². The summed E-state index contributed by atoms with van der Waals surface area (Å²) in [6.07, 6.45) is 0. The molecule has 0 aliphatic rings. The second-order valence-corrected chi connectivity index (χ2v) is 2.92. The van der Waals surface area contributed by atoms with Crippen LogP contribution in [0.5, 0.6) is 0 Å². The summed E-state index contributed by atoms with van der Waals surface area (Å²) < 4.78 is 0. The molecule has 0 unspecified atom stereocenters. The van der Waals surface area contributed by atoms with E-state index in [4.69, 9.17) is 10.4 Å². The standard InChI is InChI=1S/C8H8N2O6.C2H6/c1-4-6(8(11)12)2-5(9-16-15)3-7(4)10(13)14;1-2/h2-3,9,15H,1H3,(H,11,12);1-2H3. The highest BCUT2D eigenvalue weighted by Crippen LogP contribution is 2.26. The Hall–Kier alpha value is -2.19. The van der Waals surface area contributed by atoms with E-state index < -0.39 is 10.9 Å². The van der Waals surface area contributed by atoms with Crippen LogP contribution in [0, 0.1) is 17.0 Å². The Morgan fingerprint density at radius 1 is 1.44 bits per heavy atom. The average Bonchev–Trinajstić information content (AvgIpc) is 2.33. The molecule has 0 radical (unpaired) electrons. The number of nitrogens with one attached hydrogen (secondary N) is 1. The van der Waals surface area contributed by atoms with Crippen LogP contribution in [0.25, 0.3) is 0 Å². The maximum Gasteiger partial charge on any atom is 0.336 e. The summed E-state index contributed by atoms with van der Waals surface area (Å²) in [5.41, 5.74) is 1.29. The third-order valence-electron chi connectivity index (χ3n) is 1.97. The quantitative estimate of drug-likeness (QED) is 0.430. The van der Waals surface area contributed by atoms with Gasteiger partial charge in [-0.15, -0.1) is 4.99 Å². The van der Waals surface area contributed by atoms with Crippen molar-refractivity contribution in [3.63, 3.8) is 0 Å². The molecule has 3 N–H and O–H groups in total. The number of hydrogen-bond donors (Lipinski definition) is 3. The molecule has 0 fully saturated rings. The summed E-state index contributed by atoms with van der Waals surface area (Å²) in [4.78, 5) is 24.3. The van der Waals surface area contributed by atoms with Gasteiger partial charge in [0.05, 0.1) is 16.2 Å². The fourth-order valence-corrected chi connectivity index (χ4v) is 1.22. The van der Waals surface area contributed by atoms with Crippen molar-refractivity contribution in [3.8, 4) is 0 Å². The topological polar surface area (TPSA) is 122 Å². The molecule has 8 heteroatoms. The number of aromatic carboxylic acids is 1. The summed E-state index contributed by atoms with van der Waals surface area (Å²) in [5, 5.41) is 27.6. The normalized spacial score (nSPS) is 9.11. The van der Waals surface area contributed by atoms with Crippen LogP contribution in [-0.2, 0) is 4.99 Å². The van der Waals surface area contributed by atoms with Gasteiger partial charge in [0.2, 0.25) is 0 Å². The Morgan fingerprint density at radius 3 is 2.39 bits per heavy atom. The van der Waals surface area contributed by atoms with Gasteiger partial charge in [0.15, 0.2) is 0 Å². The number of carbonyl (C=O) groups is 1. The van der Waals surface area contributed by atoms with Gasteiger partial charge in [-0.05, 0) is 13.0 Å². The average molecular weight is 258 g/mol. The highest BCUT2D eigenvalue weighted by molar-refractivity contribution is 5.92.